The molecule has 2 heteroatoms. The lowest BCUT2D eigenvalue weighted by Gasteiger charge is -1.95. The third kappa shape index (κ3) is 1.65. The van der Waals surface area contributed by atoms with Crippen LogP contribution in [0.25, 0.3) is 0 Å². The molecule has 0 aliphatic carbocycles. The van der Waals surface area contributed by atoms with Crippen molar-refractivity contribution in [1.82, 2.24) is 0 Å². The average Bonchev–Trinajstić information content (AvgIpc) is 2.85. The first-order chi connectivity index (χ1) is 5.90. The zero-order valence-electron chi connectivity index (χ0n) is 6.81. The molecule has 1 saturated heterocycles. The molecular formula is C10H12O2. The van der Waals surface area contributed by atoms with Crippen molar-refractivity contribution in [3.05, 3.63) is 35.9 Å². The van der Waals surface area contributed by atoms with Crippen LogP contribution in [0.4, 0.5) is 0 Å². The van der Waals surface area contributed by atoms with E-state index in [0.717, 1.165) is 6.42 Å². The van der Waals surface area contributed by atoms with Crippen molar-refractivity contribution in [1.29, 1.82) is 0 Å². The number of rotatable bonds is 3. The van der Waals surface area contributed by atoms with Crippen molar-refractivity contribution in [3.8, 4) is 0 Å². The fraction of sp³-hybridized carbons (Fsp3) is 0.400. The van der Waals surface area contributed by atoms with E-state index in [0.29, 0.717) is 0 Å². The Morgan fingerprint density at radius 1 is 1.17 bits per heavy atom. The standard InChI is InChI=1S/C10H12O2/c11-7-10-9(12-10)6-8-4-2-1-3-5-8/h1-5,9-11H,6-7H2/t9-,10+/m0/s1. The van der Waals surface area contributed by atoms with Gasteiger partial charge in [0.25, 0.3) is 0 Å². The van der Waals surface area contributed by atoms with Crippen molar-refractivity contribution < 1.29 is 9.84 Å². The third-order valence-electron chi connectivity index (χ3n) is 2.15. The number of epoxide rings is 1. The van der Waals surface area contributed by atoms with Crippen LogP contribution < -0.4 is 0 Å². The highest BCUT2D eigenvalue weighted by Crippen LogP contribution is 2.24. The molecular weight excluding hydrogens is 152 g/mol. The normalized spacial score (nSPS) is 27.1. The molecule has 1 aromatic carbocycles. The zero-order chi connectivity index (χ0) is 8.39. The Bertz CT molecular complexity index is 245. The zero-order valence-corrected chi connectivity index (χ0v) is 6.81. The van der Waals surface area contributed by atoms with E-state index >= 15 is 0 Å². The lowest BCUT2D eigenvalue weighted by Crippen LogP contribution is -2.01. The highest BCUT2D eigenvalue weighted by atomic mass is 16.6. The summed E-state index contributed by atoms with van der Waals surface area (Å²) in [7, 11) is 0. The first-order valence-electron chi connectivity index (χ1n) is 4.20. The summed E-state index contributed by atoms with van der Waals surface area (Å²) < 4.78 is 5.22. The number of aliphatic hydroxyl groups is 1. The Morgan fingerprint density at radius 3 is 2.50 bits per heavy atom. The lowest BCUT2D eigenvalue weighted by molar-refractivity contribution is 0.242. The summed E-state index contributed by atoms with van der Waals surface area (Å²) in [5.41, 5.74) is 1.28. The van der Waals surface area contributed by atoms with Gasteiger partial charge in [-0.25, -0.2) is 0 Å². The van der Waals surface area contributed by atoms with Gasteiger partial charge in [0.1, 0.15) is 6.10 Å². The second kappa shape index (κ2) is 3.25. The van der Waals surface area contributed by atoms with Gasteiger partial charge in [-0.1, -0.05) is 30.3 Å². The van der Waals surface area contributed by atoms with E-state index in [1.54, 1.807) is 0 Å². The van der Waals surface area contributed by atoms with Gasteiger partial charge in [-0.15, -0.1) is 0 Å². The SMILES string of the molecule is OC[C@H]1O[C@H]1Cc1ccccc1. The van der Waals surface area contributed by atoms with E-state index in [-0.39, 0.29) is 18.8 Å². The summed E-state index contributed by atoms with van der Waals surface area (Å²) in [5, 5.41) is 8.73. The number of benzene rings is 1. The molecule has 1 aliphatic rings. The van der Waals surface area contributed by atoms with Crippen LogP contribution in [0.3, 0.4) is 0 Å². The molecule has 12 heavy (non-hydrogen) atoms. The third-order valence-corrected chi connectivity index (χ3v) is 2.15. The fourth-order valence-corrected chi connectivity index (χ4v) is 1.37. The quantitative estimate of drug-likeness (QED) is 0.676. The van der Waals surface area contributed by atoms with Gasteiger partial charge >= 0.3 is 0 Å². The van der Waals surface area contributed by atoms with E-state index in [1.807, 2.05) is 18.2 Å². The number of hydrogen-bond acceptors (Lipinski definition) is 2. The molecule has 0 spiro atoms. The van der Waals surface area contributed by atoms with Crippen LogP contribution in [0.15, 0.2) is 30.3 Å². The first kappa shape index (κ1) is 7.77. The minimum Gasteiger partial charge on any atom is -0.394 e. The average molecular weight is 164 g/mol. The van der Waals surface area contributed by atoms with Gasteiger partial charge in [0.2, 0.25) is 0 Å². The molecule has 0 aromatic heterocycles. The fourth-order valence-electron chi connectivity index (χ4n) is 1.37. The molecule has 0 bridgehead atoms. The molecule has 0 saturated carbocycles. The van der Waals surface area contributed by atoms with E-state index in [9.17, 15) is 0 Å². The highest BCUT2D eigenvalue weighted by Gasteiger charge is 2.37. The molecule has 64 valence electrons. The molecule has 1 heterocycles. The summed E-state index contributed by atoms with van der Waals surface area (Å²) in [6.45, 7) is 0.150. The molecule has 2 nitrogen and oxygen atoms in total. The predicted octanol–water partition coefficient (Wildman–Crippen LogP) is 0.989. The van der Waals surface area contributed by atoms with Gasteiger partial charge in [0, 0.05) is 6.42 Å². The van der Waals surface area contributed by atoms with E-state index < -0.39 is 0 Å². The Balaban J connectivity index is 1.89. The minimum absolute atomic E-state index is 0.0882. The molecule has 2 rings (SSSR count). The van der Waals surface area contributed by atoms with E-state index in [4.69, 9.17) is 9.84 Å². The van der Waals surface area contributed by atoms with Crippen molar-refractivity contribution in [2.45, 2.75) is 18.6 Å². The maximum absolute atomic E-state index is 8.73. The molecule has 2 atom stereocenters. The minimum atomic E-state index is 0.0882. The summed E-state index contributed by atoms with van der Waals surface area (Å²) >= 11 is 0. The van der Waals surface area contributed by atoms with Gasteiger partial charge < -0.3 is 9.84 Å². The second-order valence-corrected chi connectivity index (χ2v) is 3.09. The number of ether oxygens (including phenoxy) is 1. The molecule has 0 unspecified atom stereocenters. The smallest absolute Gasteiger partial charge is 0.107 e. The van der Waals surface area contributed by atoms with Crippen LogP contribution in [0, 0.1) is 0 Å². The second-order valence-electron chi connectivity index (χ2n) is 3.09. The number of hydrogen-bond donors (Lipinski definition) is 1. The summed E-state index contributed by atoms with van der Waals surface area (Å²) in [6, 6.07) is 10.2. The Hall–Kier alpha value is -0.860. The monoisotopic (exact) mass is 164 g/mol. The molecule has 0 amide bonds. The van der Waals surface area contributed by atoms with Crippen LogP contribution in [0.1, 0.15) is 5.56 Å². The summed E-state index contributed by atoms with van der Waals surface area (Å²) in [5.74, 6) is 0. The van der Waals surface area contributed by atoms with Crippen molar-refractivity contribution in [3.63, 3.8) is 0 Å². The maximum atomic E-state index is 8.73. The van der Waals surface area contributed by atoms with Gasteiger partial charge in [-0.3, -0.25) is 0 Å². The summed E-state index contributed by atoms with van der Waals surface area (Å²) in [6.07, 6.45) is 1.26. The van der Waals surface area contributed by atoms with Crippen LogP contribution >= 0.6 is 0 Å². The van der Waals surface area contributed by atoms with Crippen LogP contribution in [0.5, 0.6) is 0 Å². The van der Waals surface area contributed by atoms with E-state index in [1.165, 1.54) is 5.56 Å². The molecule has 1 fully saturated rings. The Kier molecular flexibility index (Phi) is 2.11. The molecule has 1 aromatic rings. The van der Waals surface area contributed by atoms with Crippen molar-refractivity contribution in [2.24, 2.45) is 0 Å². The van der Waals surface area contributed by atoms with Gasteiger partial charge in [0.05, 0.1) is 12.7 Å². The number of aliphatic hydroxyl groups excluding tert-OH is 1. The topological polar surface area (TPSA) is 32.8 Å². The molecule has 0 radical (unpaired) electrons. The summed E-state index contributed by atoms with van der Waals surface area (Å²) in [4.78, 5) is 0. The van der Waals surface area contributed by atoms with Crippen LogP contribution in [0.2, 0.25) is 0 Å². The Labute approximate surface area is 71.8 Å². The van der Waals surface area contributed by atoms with Gasteiger partial charge in [-0.2, -0.15) is 0 Å². The molecule has 1 N–H and O–H groups in total. The van der Waals surface area contributed by atoms with Crippen LogP contribution in [-0.2, 0) is 11.2 Å². The van der Waals surface area contributed by atoms with Gasteiger partial charge in [0.15, 0.2) is 0 Å². The van der Waals surface area contributed by atoms with Crippen molar-refractivity contribution in [2.75, 3.05) is 6.61 Å². The first-order valence-corrected chi connectivity index (χ1v) is 4.20. The van der Waals surface area contributed by atoms with Crippen LogP contribution in [-0.4, -0.2) is 23.9 Å². The van der Waals surface area contributed by atoms with Gasteiger partial charge in [-0.05, 0) is 5.56 Å². The lowest BCUT2D eigenvalue weighted by atomic mass is 10.1. The Morgan fingerprint density at radius 2 is 1.92 bits per heavy atom. The largest absolute Gasteiger partial charge is 0.394 e. The maximum Gasteiger partial charge on any atom is 0.107 e. The molecule has 1 aliphatic heterocycles. The van der Waals surface area contributed by atoms with Crippen molar-refractivity contribution >= 4 is 0 Å². The predicted molar refractivity (Wildman–Crippen MR) is 45.9 cm³/mol. The van der Waals surface area contributed by atoms with E-state index in [2.05, 4.69) is 12.1 Å². The highest BCUT2D eigenvalue weighted by molar-refractivity contribution is 5.17.